The number of nitrogens with zero attached hydrogens (tertiary/aromatic N) is 2. The first-order valence-corrected chi connectivity index (χ1v) is 23.6. The first-order chi connectivity index (χ1) is 30.0. The molecule has 2 amide bonds. The van der Waals surface area contributed by atoms with Crippen molar-refractivity contribution < 1.29 is 28.7 Å². The van der Waals surface area contributed by atoms with Gasteiger partial charge in [0.2, 0.25) is 11.2 Å². The fraction of sp³-hybridized carbons (Fsp3) is 0.577. The van der Waals surface area contributed by atoms with Crippen LogP contribution in [0.4, 0.5) is 0 Å². The Bertz CT molecular complexity index is 1720. The molecule has 0 unspecified atom stereocenters. The summed E-state index contributed by atoms with van der Waals surface area (Å²) in [6, 6.07) is 18.6. The maximum Gasteiger partial charge on any atom is 0.332 e. The minimum atomic E-state index is -1.58. The second-order valence-electron chi connectivity index (χ2n) is 18.7. The molecule has 2 saturated carbocycles. The number of piperidine rings is 2. The molecule has 2 N–H and O–H groups in total. The summed E-state index contributed by atoms with van der Waals surface area (Å²) in [5, 5.41) is 6.64. The molecule has 2 saturated heterocycles. The minimum Gasteiger partial charge on any atom is -0.440 e. The molecule has 336 valence electrons. The first kappa shape index (κ1) is 47.0. The number of hydrogen-bond donors (Lipinski definition) is 2. The molecule has 0 bridgehead atoms. The van der Waals surface area contributed by atoms with Crippen molar-refractivity contribution >= 4 is 23.8 Å². The molecule has 4 aliphatic rings. The van der Waals surface area contributed by atoms with E-state index in [0.717, 1.165) is 141 Å². The number of esters is 2. The molecule has 10 nitrogen and oxygen atoms in total. The van der Waals surface area contributed by atoms with Crippen LogP contribution in [0.1, 0.15) is 129 Å². The van der Waals surface area contributed by atoms with Gasteiger partial charge in [0.1, 0.15) is 0 Å². The van der Waals surface area contributed by atoms with E-state index in [0.29, 0.717) is 11.1 Å². The van der Waals surface area contributed by atoms with E-state index in [-0.39, 0.29) is 35.7 Å². The van der Waals surface area contributed by atoms with Gasteiger partial charge in [-0.1, -0.05) is 110 Å². The standard InChI is InChI=1S/C52H72N4O6/c1-39(2)17-15-33-55-35-29-45(30-36-55)53-49(59)51(43-23-11-12-24-43,41-19-7-5-8-20-41)61-47(57)27-28-48(58)62-52(44-25-13-14-26-44,42-21-9-6-10-22-42)50(60)54-46-31-37-56(38-32-46)34-16-18-40(3)4/h5-10,17-22,27-28,43-46H,11-16,23-26,29-38H2,1-4H3,(H,53,59)(H,54,60)/b28-27+/t51-,52-/m0/s1. The van der Waals surface area contributed by atoms with Crippen molar-refractivity contribution in [3.8, 4) is 0 Å². The summed E-state index contributed by atoms with van der Waals surface area (Å²) in [5.41, 5.74) is 0.709. The number of allylic oxidation sites excluding steroid dienone is 2. The predicted molar refractivity (Wildman–Crippen MR) is 245 cm³/mol. The topological polar surface area (TPSA) is 117 Å². The lowest BCUT2D eigenvalue weighted by atomic mass is 9.78. The highest BCUT2D eigenvalue weighted by Crippen LogP contribution is 2.46. The molecule has 2 heterocycles. The molecule has 2 atom stereocenters. The smallest absolute Gasteiger partial charge is 0.332 e. The van der Waals surface area contributed by atoms with Gasteiger partial charge in [0.25, 0.3) is 11.8 Å². The van der Waals surface area contributed by atoms with E-state index >= 15 is 0 Å². The molecule has 2 aromatic carbocycles. The Labute approximate surface area is 370 Å². The van der Waals surface area contributed by atoms with Gasteiger partial charge in [-0.3, -0.25) is 9.59 Å². The van der Waals surface area contributed by atoms with Crippen LogP contribution in [-0.2, 0) is 39.9 Å². The van der Waals surface area contributed by atoms with Gasteiger partial charge in [-0.15, -0.1) is 0 Å². The molecule has 6 rings (SSSR count). The summed E-state index contributed by atoms with van der Waals surface area (Å²) in [5.74, 6) is -2.73. The van der Waals surface area contributed by atoms with E-state index in [1.165, 1.54) is 11.1 Å². The maximum atomic E-state index is 14.8. The van der Waals surface area contributed by atoms with Crippen LogP contribution in [-0.4, -0.2) is 84.9 Å². The third kappa shape index (κ3) is 12.1. The van der Waals surface area contributed by atoms with Crippen LogP contribution < -0.4 is 10.6 Å². The van der Waals surface area contributed by atoms with E-state index in [9.17, 15) is 19.2 Å². The number of likely N-dealkylation sites (tertiary alicyclic amines) is 2. The highest BCUT2D eigenvalue weighted by atomic mass is 16.6. The number of rotatable bonds is 18. The van der Waals surface area contributed by atoms with E-state index < -0.39 is 23.1 Å². The lowest BCUT2D eigenvalue weighted by Crippen LogP contribution is -2.56. The SMILES string of the molecule is CC(C)=CCCN1CCC(NC(=O)[C@](OC(=O)/C=C/C(=O)O[C@@](C(=O)NC2CCN(CCC=C(C)C)CC2)(c2ccccc2)C2CCCC2)(c2ccccc2)C2CCCC2)CC1. The van der Waals surface area contributed by atoms with Crippen LogP contribution in [0.5, 0.6) is 0 Å². The summed E-state index contributed by atoms with van der Waals surface area (Å²) in [6.07, 6.45) is 18.5. The lowest BCUT2D eigenvalue weighted by molar-refractivity contribution is -0.175. The molecule has 2 aliphatic carbocycles. The van der Waals surface area contributed by atoms with Crippen LogP contribution in [0.25, 0.3) is 0 Å². The normalized spacial score (nSPS) is 20.5. The largest absolute Gasteiger partial charge is 0.440 e. The van der Waals surface area contributed by atoms with Gasteiger partial charge in [0, 0.05) is 86.5 Å². The molecule has 0 aromatic heterocycles. The first-order valence-electron chi connectivity index (χ1n) is 23.6. The maximum absolute atomic E-state index is 14.8. The molecular weight excluding hydrogens is 777 g/mol. The number of hydrogen-bond acceptors (Lipinski definition) is 8. The van der Waals surface area contributed by atoms with E-state index in [1.807, 2.05) is 60.7 Å². The van der Waals surface area contributed by atoms with Crippen LogP contribution in [0.2, 0.25) is 0 Å². The van der Waals surface area contributed by atoms with Gasteiger partial charge in [-0.2, -0.15) is 0 Å². The third-order valence-corrected chi connectivity index (χ3v) is 13.7. The molecule has 2 aromatic rings. The summed E-state index contributed by atoms with van der Waals surface area (Å²) < 4.78 is 12.8. The van der Waals surface area contributed by atoms with Crippen molar-refractivity contribution in [2.45, 2.75) is 141 Å². The average molecular weight is 849 g/mol. The van der Waals surface area contributed by atoms with Crippen LogP contribution >= 0.6 is 0 Å². The van der Waals surface area contributed by atoms with Gasteiger partial charge in [0.15, 0.2) is 0 Å². The van der Waals surface area contributed by atoms with Crippen LogP contribution in [0.15, 0.2) is 96.1 Å². The average Bonchev–Trinajstić information content (AvgIpc) is 4.02. The Balaban J connectivity index is 1.20. The van der Waals surface area contributed by atoms with Crippen LogP contribution in [0, 0.1) is 11.8 Å². The van der Waals surface area contributed by atoms with Crippen molar-refractivity contribution in [3.63, 3.8) is 0 Å². The van der Waals surface area contributed by atoms with Gasteiger partial charge >= 0.3 is 11.9 Å². The Hall–Kier alpha value is -4.54. The predicted octanol–water partition coefficient (Wildman–Crippen LogP) is 8.67. The zero-order valence-corrected chi connectivity index (χ0v) is 37.9. The molecule has 4 fully saturated rings. The number of amides is 2. The zero-order valence-electron chi connectivity index (χ0n) is 37.9. The Morgan fingerprint density at radius 1 is 0.548 bits per heavy atom. The number of ether oxygens (including phenoxy) is 2. The summed E-state index contributed by atoms with van der Waals surface area (Å²) in [6.45, 7) is 14.0. The van der Waals surface area contributed by atoms with Gasteiger partial charge in [0.05, 0.1) is 0 Å². The second kappa shape index (κ2) is 22.7. The van der Waals surface area contributed by atoms with Crippen molar-refractivity contribution in [2.75, 3.05) is 39.3 Å². The van der Waals surface area contributed by atoms with Gasteiger partial charge in [-0.05, 0) is 91.9 Å². The number of carbonyl (C=O) groups is 4. The number of benzene rings is 2. The Morgan fingerprint density at radius 3 is 1.21 bits per heavy atom. The molecular formula is C52H72N4O6. The fourth-order valence-electron chi connectivity index (χ4n) is 10.3. The number of carbonyl (C=O) groups excluding carboxylic acids is 4. The molecule has 2 aliphatic heterocycles. The number of nitrogens with one attached hydrogen (secondary N) is 2. The highest BCUT2D eigenvalue weighted by Gasteiger charge is 2.53. The van der Waals surface area contributed by atoms with Crippen molar-refractivity contribution in [1.29, 1.82) is 0 Å². The van der Waals surface area contributed by atoms with Crippen molar-refractivity contribution in [2.24, 2.45) is 11.8 Å². The monoisotopic (exact) mass is 849 g/mol. The van der Waals surface area contributed by atoms with Crippen molar-refractivity contribution in [3.05, 3.63) is 107 Å². The Kier molecular flexibility index (Phi) is 17.2. The minimum absolute atomic E-state index is 0.0520. The van der Waals surface area contributed by atoms with Gasteiger partial charge in [-0.25, -0.2) is 9.59 Å². The van der Waals surface area contributed by atoms with E-state index in [1.54, 1.807) is 0 Å². The molecule has 0 radical (unpaired) electrons. The second-order valence-corrected chi connectivity index (χ2v) is 18.7. The highest BCUT2D eigenvalue weighted by molar-refractivity contribution is 5.97. The molecule has 62 heavy (non-hydrogen) atoms. The molecule has 10 heteroatoms. The summed E-state index contributed by atoms with van der Waals surface area (Å²) in [7, 11) is 0. The summed E-state index contributed by atoms with van der Waals surface area (Å²) in [4.78, 5) is 62.6. The zero-order chi connectivity index (χ0) is 44.0. The van der Waals surface area contributed by atoms with E-state index in [2.05, 4.69) is 60.3 Å². The van der Waals surface area contributed by atoms with Crippen molar-refractivity contribution in [1.82, 2.24) is 20.4 Å². The Morgan fingerprint density at radius 2 is 0.887 bits per heavy atom. The summed E-state index contributed by atoms with van der Waals surface area (Å²) >= 11 is 0. The molecule has 0 spiro atoms. The van der Waals surface area contributed by atoms with Gasteiger partial charge < -0.3 is 29.9 Å². The van der Waals surface area contributed by atoms with Crippen LogP contribution in [0.3, 0.4) is 0 Å². The lowest BCUT2D eigenvalue weighted by Gasteiger charge is -2.40. The fourth-order valence-corrected chi connectivity index (χ4v) is 10.3. The quantitative estimate of drug-likeness (QED) is 0.0870. The van der Waals surface area contributed by atoms with E-state index in [4.69, 9.17) is 9.47 Å². The third-order valence-electron chi connectivity index (χ3n) is 13.7.